The van der Waals surface area contributed by atoms with E-state index in [1.165, 1.54) is 17.5 Å². The third kappa shape index (κ3) is 1.29. The van der Waals surface area contributed by atoms with Crippen LogP contribution in [-0.4, -0.2) is 0 Å². The van der Waals surface area contributed by atoms with Crippen LogP contribution in [0.1, 0.15) is 30.4 Å². The molecule has 0 aliphatic heterocycles. The fraction of sp³-hybridized carbons (Fsp3) is 0.333. The van der Waals surface area contributed by atoms with E-state index in [0.717, 1.165) is 6.42 Å². The first-order chi connectivity index (χ1) is 5.88. The number of allylic oxidation sites excluding steroid dienone is 2. The molecule has 0 spiro atoms. The van der Waals surface area contributed by atoms with Crippen LogP contribution in [0.25, 0.3) is 0 Å². The largest absolute Gasteiger partial charge is 0.0876 e. The first-order valence-electron chi connectivity index (χ1n) is 4.61. The number of benzene rings is 1. The second-order valence-corrected chi connectivity index (χ2v) is 3.51. The topological polar surface area (TPSA) is 0 Å². The van der Waals surface area contributed by atoms with Gasteiger partial charge >= 0.3 is 0 Å². The Morgan fingerprint density at radius 2 is 2.00 bits per heavy atom. The lowest BCUT2D eigenvalue weighted by atomic mass is 9.94. The van der Waals surface area contributed by atoms with Crippen molar-refractivity contribution in [2.75, 3.05) is 0 Å². The minimum absolute atomic E-state index is 0.694. The van der Waals surface area contributed by atoms with Crippen LogP contribution < -0.4 is 0 Å². The van der Waals surface area contributed by atoms with Gasteiger partial charge in [-0.3, -0.25) is 0 Å². The maximum Gasteiger partial charge on any atom is -0.00946 e. The molecule has 1 aliphatic carbocycles. The zero-order valence-electron chi connectivity index (χ0n) is 7.46. The zero-order valence-corrected chi connectivity index (χ0v) is 7.46. The van der Waals surface area contributed by atoms with E-state index in [-0.39, 0.29) is 0 Å². The summed E-state index contributed by atoms with van der Waals surface area (Å²) in [7, 11) is 0. The summed E-state index contributed by atoms with van der Waals surface area (Å²) in [4.78, 5) is 0. The van der Waals surface area contributed by atoms with Gasteiger partial charge < -0.3 is 0 Å². The Morgan fingerprint density at radius 3 is 2.92 bits per heavy atom. The molecule has 62 valence electrons. The lowest BCUT2D eigenvalue weighted by molar-refractivity contribution is 0.780. The molecule has 12 heavy (non-hydrogen) atoms. The predicted octanol–water partition coefficient (Wildman–Crippen LogP) is 3.29. The van der Waals surface area contributed by atoms with E-state index < -0.39 is 0 Å². The third-order valence-electron chi connectivity index (χ3n) is 2.58. The van der Waals surface area contributed by atoms with Crippen LogP contribution in [0.3, 0.4) is 0 Å². The maximum absolute atomic E-state index is 2.30. The lowest BCUT2D eigenvalue weighted by Gasteiger charge is -2.11. The lowest BCUT2D eigenvalue weighted by Crippen LogP contribution is -1.94. The Labute approximate surface area is 73.9 Å². The van der Waals surface area contributed by atoms with Crippen LogP contribution in [0.5, 0.6) is 0 Å². The van der Waals surface area contributed by atoms with Gasteiger partial charge in [0, 0.05) is 0 Å². The molecule has 0 bridgehead atoms. The fourth-order valence-corrected chi connectivity index (χ4v) is 1.84. The number of rotatable bonds is 0. The summed E-state index contributed by atoms with van der Waals surface area (Å²) < 4.78 is 0. The molecule has 1 unspecified atom stereocenters. The van der Waals surface area contributed by atoms with Crippen LogP contribution in [0.2, 0.25) is 0 Å². The van der Waals surface area contributed by atoms with E-state index in [4.69, 9.17) is 0 Å². The molecule has 1 aliphatic rings. The second kappa shape index (κ2) is 3.14. The average molecular weight is 158 g/mol. The van der Waals surface area contributed by atoms with E-state index >= 15 is 0 Å². The summed E-state index contributed by atoms with van der Waals surface area (Å²) in [5.41, 5.74) is 3.03. The van der Waals surface area contributed by atoms with Crippen LogP contribution in [0.4, 0.5) is 0 Å². The van der Waals surface area contributed by atoms with Gasteiger partial charge in [-0.05, 0) is 29.9 Å². The van der Waals surface area contributed by atoms with Gasteiger partial charge in [-0.1, -0.05) is 43.3 Å². The molecule has 0 aromatic heterocycles. The first kappa shape index (κ1) is 7.60. The predicted molar refractivity (Wildman–Crippen MR) is 52.3 cm³/mol. The van der Waals surface area contributed by atoms with Crippen molar-refractivity contribution >= 4 is 0 Å². The van der Waals surface area contributed by atoms with Gasteiger partial charge in [0.05, 0.1) is 0 Å². The normalized spacial score (nSPS) is 21.6. The van der Waals surface area contributed by atoms with Crippen molar-refractivity contribution in [1.29, 1.82) is 0 Å². The van der Waals surface area contributed by atoms with Gasteiger partial charge in [0.1, 0.15) is 0 Å². The summed E-state index contributed by atoms with van der Waals surface area (Å²) in [6.07, 6.45) is 6.88. The van der Waals surface area contributed by atoms with E-state index in [2.05, 4.69) is 43.3 Å². The van der Waals surface area contributed by atoms with E-state index in [0.29, 0.717) is 5.92 Å². The highest BCUT2D eigenvalue weighted by atomic mass is 14.1. The minimum Gasteiger partial charge on any atom is -0.0876 e. The Kier molecular flexibility index (Phi) is 1.99. The highest BCUT2D eigenvalue weighted by Gasteiger charge is 2.09. The molecule has 0 heterocycles. The van der Waals surface area contributed by atoms with Crippen molar-refractivity contribution in [2.45, 2.75) is 25.7 Å². The molecule has 0 N–H and O–H groups in total. The van der Waals surface area contributed by atoms with Gasteiger partial charge in [0.15, 0.2) is 0 Å². The highest BCUT2D eigenvalue weighted by Crippen LogP contribution is 2.26. The molecule has 0 heteroatoms. The summed E-state index contributed by atoms with van der Waals surface area (Å²) in [6.45, 7) is 2.30. The average Bonchev–Trinajstić information content (AvgIpc) is 2.29. The van der Waals surface area contributed by atoms with Gasteiger partial charge in [-0.2, -0.15) is 0 Å². The third-order valence-corrected chi connectivity index (χ3v) is 2.58. The number of hydrogen-bond donors (Lipinski definition) is 0. The van der Waals surface area contributed by atoms with Crippen molar-refractivity contribution in [2.24, 2.45) is 0 Å². The van der Waals surface area contributed by atoms with Crippen LogP contribution in [-0.2, 0) is 6.42 Å². The molecular formula is C12H14. The molecule has 0 saturated heterocycles. The van der Waals surface area contributed by atoms with Crippen molar-refractivity contribution in [3.63, 3.8) is 0 Å². The highest BCUT2D eigenvalue weighted by molar-refractivity contribution is 5.33. The SMILES string of the molecule is CC1CC=CCc2ccccc21. The molecule has 0 saturated carbocycles. The van der Waals surface area contributed by atoms with Crippen molar-refractivity contribution in [3.05, 3.63) is 47.5 Å². The first-order valence-corrected chi connectivity index (χ1v) is 4.61. The molecule has 0 radical (unpaired) electrons. The quantitative estimate of drug-likeness (QED) is 0.508. The zero-order chi connectivity index (χ0) is 8.39. The van der Waals surface area contributed by atoms with E-state index in [9.17, 15) is 0 Å². The molecule has 2 rings (SSSR count). The van der Waals surface area contributed by atoms with E-state index in [1.807, 2.05) is 0 Å². The van der Waals surface area contributed by atoms with Crippen molar-refractivity contribution in [3.8, 4) is 0 Å². The Morgan fingerprint density at radius 1 is 1.17 bits per heavy atom. The van der Waals surface area contributed by atoms with Gasteiger partial charge in [-0.15, -0.1) is 0 Å². The molecule has 0 fully saturated rings. The Hall–Kier alpha value is -1.04. The van der Waals surface area contributed by atoms with Gasteiger partial charge in [0.25, 0.3) is 0 Å². The summed E-state index contributed by atoms with van der Waals surface area (Å²) in [6, 6.07) is 8.76. The molecule has 1 atom stereocenters. The van der Waals surface area contributed by atoms with Crippen LogP contribution in [0.15, 0.2) is 36.4 Å². The second-order valence-electron chi connectivity index (χ2n) is 3.51. The molecule has 0 nitrogen and oxygen atoms in total. The molecule has 1 aromatic carbocycles. The summed E-state index contributed by atoms with van der Waals surface area (Å²) >= 11 is 0. The fourth-order valence-electron chi connectivity index (χ4n) is 1.84. The molecule has 1 aromatic rings. The standard InChI is InChI=1S/C12H14/c1-10-6-2-3-7-11-8-4-5-9-12(10)11/h2-5,8-10H,6-7H2,1H3. The Balaban J connectivity index is 2.45. The molecule has 0 amide bonds. The van der Waals surface area contributed by atoms with Gasteiger partial charge in [-0.25, -0.2) is 0 Å². The monoisotopic (exact) mass is 158 g/mol. The summed E-state index contributed by atoms with van der Waals surface area (Å²) in [5, 5.41) is 0. The van der Waals surface area contributed by atoms with E-state index in [1.54, 1.807) is 0 Å². The minimum atomic E-state index is 0.694. The number of hydrogen-bond acceptors (Lipinski definition) is 0. The smallest absolute Gasteiger partial charge is 0.00946 e. The van der Waals surface area contributed by atoms with Crippen LogP contribution in [0, 0.1) is 0 Å². The summed E-state index contributed by atoms with van der Waals surface area (Å²) in [5.74, 6) is 0.694. The Bertz CT molecular complexity index is 297. The van der Waals surface area contributed by atoms with Crippen LogP contribution >= 0.6 is 0 Å². The molecular weight excluding hydrogens is 144 g/mol. The number of fused-ring (bicyclic) bond motifs is 1. The maximum atomic E-state index is 2.30. The van der Waals surface area contributed by atoms with Crippen molar-refractivity contribution in [1.82, 2.24) is 0 Å². The van der Waals surface area contributed by atoms with Crippen molar-refractivity contribution < 1.29 is 0 Å². The van der Waals surface area contributed by atoms with Gasteiger partial charge in [0.2, 0.25) is 0 Å².